The lowest BCUT2D eigenvalue weighted by Gasteiger charge is -2.29. The van der Waals surface area contributed by atoms with Gasteiger partial charge < -0.3 is 9.88 Å². The third-order valence-electron chi connectivity index (χ3n) is 7.00. The standard InChI is InChI=1S/C20H30N4OS/c1-11(17-10-13-3-4-15(17)9-13)21-19(25)12(2)26-20-23-22-18(14-5-6-14)24(20)16-7-8-16/h11-17H,3-10H2,1-2H3,(H,21,25). The van der Waals surface area contributed by atoms with Crippen LogP contribution in [0.4, 0.5) is 0 Å². The summed E-state index contributed by atoms with van der Waals surface area (Å²) < 4.78 is 2.34. The van der Waals surface area contributed by atoms with Crippen LogP contribution in [0.2, 0.25) is 0 Å². The van der Waals surface area contributed by atoms with E-state index < -0.39 is 0 Å². The fraction of sp³-hybridized carbons (Fsp3) is 0.850. The molecule has 1 aromatic heterocycles. The molecule has 5 unspecified atom stereocenters. The molecule has 0 radical (unpaired) electrons. The summed E-state index contributed by atoms with van der Waals surface area (Å²) in [6.07, 6.45) is 10.4. The number of carbonyl (C=O) groups is 1. The van der Waals surface area contributed by atoms with E-state index in [0.29, 0.717) is 23.9 Å². The highest BCUT2D eigenvalue weighted by molar-refractivity contribution is 8.00. The second kappa shape index (κ2) is 6.54. The smallest absolute Gasteiger partial charge is 0.233 e. The first-order chi connectivity index (χ1) is 12.6. The lowest BCUT2D eigenvalue weighted by molar-refractivity contribution is -0.121. The van der Waals surface area contributed by atoms with Gasteiger partial charge in [0.15, 0.2) is 5.16 Å². The lowest BCUT2D eigenvalue weighted by atomic mass is 9.84. The Kier molecular flexibility index (Phi) is 4.29. The molecular formula is C20H30N4OS. The van der Waals surface area contributed by atoms with Gasteiger partial charge >= 0.3 is 0 Å². The minimum Gasteiger partial charge on any atom is -0.352 e. The Morgan fingerprint density at radius 2 is 1.92 bits per heavy atom. The van der Waals surface area contributed by atoms with Crippen molar-refractivity contribution in [2.45, 2.75) is 93.6 Å². The molecule has 5 atom stereocenters. The lowest BCUT2D eigenvalue weighted by Crippen LogP contribution is -2.43. The topological polar surface area (TPSA) is 59.8 Å². The first-order valence-electron chi connectivity index (χ1n) is 10.5. The molecule has 4 aliphatic rings. The summed E-state index contributed by atoms with van der Waals surface area (Å²) in [6.45, 7) is 4.22. The van der Waals surface area contributed by atoms with E-state index in [1.54, 1.807) is 11.8 Å². The van der Waals surface area contributed by atoms with Crippen LogP contribution in [0.1, 0.15) is 83.0 Å². The average Bonchev–Trinajstić information content (AvgIpc) is 3.54. The predicted octanol–water partition coefficient (Wildman–Crippen LogP) is 3.91. The summed E-state index contributed by atoms with van der Waals surface area (Å²) in [7, 11) is 0. The fourth-order valence-corrected chi connectivity index (χ4v) is 6.17. The van der Waals surface area contributed by atoms with E-state index in [0.717, 1.165) is 22.8 Å². The molecule has 142 valence electrons. The SMILES string of the molecule is CC(Sc1nnc(C2CC2)n1C1CC1)C(=O)NC(C)C1CC2CCC1C2. The van der Waals surface area contributed by atoms with Crippen LogP contribution in [0.25, 0.3) is 0 Å². The third kappa shape index (κ3) is 3.19. The Labute approximate surface area is 160 Å². The summed E-state index contributed by atoms with van der Waals surface area (Å²) >= 11 is 1.59. The zero-order valence-corrected chi connectivity index (χ0v) is 16.7. The van der Waals surface area contributed by atoms with Crippen LogP contribution in [0.3, 0.4) is 0 Å². The summed E-state index contributed by atoms with van der Waals surface area (Å²) in [6, 6.07) is 0.871. The zero-order chi connectivity index (χ0) is 17.8. The van der Waals surface area contributed by atoms with Crippen molar-refractivity contribution in [1.82, 2.24) is 20.1 Å². The van der Waals surface area contributed by atoms with Gasteiger partial charge in [-0.3, -0.25) is 4.79 Å². The van der Waals surface area contributed by atoms with Crippen LogP contribution >= 0.6 is 11.8 Å². The van der Waals surface area contributed by atoms with Gasteiger partial charge in [0.25, 0.3) is 0 Å². The largest absolute Gasteiger partial charge is 0.352 e. The van der Waals surface area contributed by atoms with Gasteiger partial charge in [-0.2, -0.15) is 0 Å². The molecule has 0 aromatic carbocycles. The molecule has 5 nitrogen and oxygen atoms in total. The van der Waals surface area contributed by atoms with Crippen molar-refractivity contribution in [2.75, 3.05) is 0 Å². The Morgan fingerprint density at radius 1 is 1.12 bits per heavy atom. The molecule has 4 saturated carbocycles. The number of carbonyl (C=O) groups excluding carboxylic acids is 1. The number of aromatic nitrogens is 3. The molecule has 26 heavy (non-hydrogen) atoms. The third-order valence-corrected chi connectivity index (χ3v) is 8.06. The maximum atomic E-state index is 12.8. The number of amides is 1. The molecule has 4 fully saturated rings. The number of hydrogen-bond donors (Lipinski definition) is 1. The molecule has 6 heteroatoms. The second-order valence-electron chi connectivity index (χ2n) is 9.11. The molecular weight excluding hydrogens is 344 g/mol. The summed E-state index contributed by atoms with van der Waals surface area (Å²) in [5.41, 5.74) is 0. The van der Waals surface area contributed by atoms with Crippen LogP contribution in [-0.2, 0) is 4.79 Å². The van der Waals surface area contributed by atoms with Gasteiger partial charge in [0.2, 0.25) is 5.91 Å². The van der Waals surface area contributed by atoms with E-state index in [1.165, 1.54) is 51.4 Å². The molecule has 1 aromatic rings. The van der Waals surface area contributed by atoms with Crippen molar-refractivity contribution in [3.8, 4) is 0 Å². The molecule has 0 saturated heterocycles. The van der Waals surface area contributed by atoms with Crippen molar-refractivity contribution < 1.29 is 4.79 Å². The van der Waals surface area contributed by atoms with Gasteiger partial charge in [-0.25, -0.2) is 0 Å². The summed E-state index contributed by atoms with van der Waals surface area (Å²) in [5.74, 6) is 4.39. The van der Waals surface area contributed by atoms with Gasteiger partial charge in [-0.1, -0.05) is 18.2 Å². The van der Waals surface area contributed by atoms with Gasteiger partial charge in [-0.15, -0.1) is 10.2 Å². The van der Waals surface area contributed by atoms with Crippen molar-refractivity contribution in [1.29, 1.82) is 0 Å². The number of nitrogens with one attached hydrogen (secondary N) is 1. The number of fused-ring (bicyclic) bond motifs is 2. The predicted molar refractivity (Wildman–Crippen MR) is 102 cm³/mol. The molecule has 4 aliphatic carbocycles. The summed E-state index contributed by atoms with van der Waals surface area (Å²) in [5, 5.41) is 13.1. The molecule has 5 rings (SSSR count). The maximum Gasteiger partial charge on any atom is 0.233 e. The van der Waals surface area contributed by atoms with E-state index in [-0.39, 0.29) is 11.2 Å². The second-order valence-corrected chi connectivity index (χ2v) is 10.4. The first kappa shape index (κ1) is 17.1. The molecule has 1 N–H and O–H groups in total. The number of nitrogens with zero attached hydrogens (tertiary/aromatic N) is 3. The highest BCUT2D eigenvalue weighted by Gasteiger charge is 2.42. The zero-order valence-electron chi connectivity index (χ0n) is 15.9. The van der Waals surface area contributed by atoms with Crippen molar-refractivity contribution >= 4 is 17.7 Å². The number of thioether (sulfide) groups is 1. The van der Waals surface area contributed by atoms with Gasteiger partial charge in [0.1, 0.15) is 5.82 Å². The number of hydrogen-bond acceptors (Lipinski definition) is 4. The highest BCUT2D eigenvalue weighted by Crippen LogP contribution is 2.49. The average molecular weight is 375 g/mol. The van der Waals surface area contributed by atoms with Crippen LogP contribution in [-0.4, -0.2) is 32.0 Å². The molecule has 1 amide bonds. The van der Waals surface area contributed by atoms with Crippen molar-refractivity contribution in [3.63, 3.8) is 0 Å². The normalized spacial score (nSPS) is 32.6. The van der Waals surface area contributed by atoms with E-state index in [4.69, 9.17) is 0 Å². The molecule has 1 heterocycles. The quantitative estimate of drug-likeness (QED) is 0.735. The van der Waals surface area contributed by atoms with E-state index in [2.05, 4.69) is 27.0 Å². The Bertz CT molecular complexity index is 696. The summed E-state index contributed by atoms with van der Waals surface area (Å²) in [4.78, 5) is 12.8. The Balaban J connectivity index is 1.21. The van der Waals surface area contributed by atoms with Crippen LogP contribution in [0.15, 0.2) is 5.16 Å². The first-order valence-corrected chi connectivity index (χ1v) is 11.4. The number of rotatable bonds is 7. The maximum absolute atomic E-state index is 12.8. The minimum absolute atomic E-state index is 0.121. The highest BCUT2D eigenvalue weighted by atomic mass is 32.2. The van der Waals surface area contributed by atoms with Gasteiger partial charge in [-0.05, 0) is 76.5 Å². The van der Waals surface area contributed by atoms with Gasteiger partial charge in [0, 0.05) is 18.0 Å². The van der Waals surface area contributed by atoms with Crippen LogP contribution in [0.5, 0.6) is 0 Å². The van der Waals surface area contributed by atoms with Crippen LogP contribution in [0, 0.1) is 17.8 Å². The Hall–Kier alpha value is -1.04. The van der Waals surface area contributed by atoms with E-state index in [1.807, 2.05) is 6.92 Å². The fourth-order valence-electron chi connectivity index (χ4n) is 5.23. The van der Waals surface area contributed by atoms with E-state index >= 15 is 0 Å². The molecule has 0 aliphatic heterocycles. The van der Waals surface area contributed by atoms with Crippen molar-refractivity contribution in [3.05, 3.63) is 5.82 Å². The molecule has 0 spiro atoms. The minimum atomic E-state index is -0.121. The monoisotopic (exact) mass is 374 g/mol. The van der Waals surface area contributed by atoms with E-state index in [9.17, 15) is 4.79 Å². The van der Waals surface area contributed by atoms with Crippen molar-refractivity contribution in [2.24, 2.45) is 17.8 Å². The van der Waals surface area contributed by atoms with Crippen LogP contribution < -0.4 is 5.32 Å². The molecule has 2 bridgehead atoms. The van der Waals surface area contributed by atoms with Gasteiger partial charge in [0.05, 0.1) is 5.25 Å². The Morgan fingerprint density at radius 3 is 2.54 bits per heavy atom.